The lowest BCUT2D eigenvalue weighted by Gasteiger charge is -2.33. The van der Waals surface area contributed by atoms with Gasteiger partial charge in [-0.25, -0.2) is 0 Å². The van der Waals surface area contributed by atoms with Gasteiger partial charge in [0.25, 0.3) is 0 Å². The van der Waals surface area contributed by atoms with Crippen LogP contribution in [0, 0.1) is 5.41 Å². The summed E-state index contributed by atoms with van der Waals surface area (Å²) in [6, 6.07) is 0. The van der Waals surface area contributed by atoms with E-state index in [1.54, 1.807) is 13.0 Å². The highest BCUT2D eigenvalue weighted by atomic mass is 16.3. The highest BCUT2D eigenvalue weighted by Crippen LogP contribution is 2.48. The third-order valence-corrected chi connectivity index (χ3v) is 7.80. The molecule has 43 heavy (non-hydrogen) atoms. The van der Waals surface area contributed by atoms with Crippen LogP contribution in [0.3, 0.4) is 0 Å². The zero-order chi connectivity index (χ0) is 32.8. The first-order valence-corrected chi connectivity index (χ1v) is 14.6. The molecule has 1 aliphatic carbocycles. The normalized spacial score (nSPS) is 17.3. The molecule has 0 aliphatic heterocycles. The zero-order valence-corrected chi connectivity index (χ0v) is 26.6. The van der Waals surface area contributed by atoms with E-state index in [1.807, 2.05) is 40.7 Å². The predicted octanol–water partition coefficient (Wildman–Crippen LogP) is 7.72. The second kappa shape index (κ2) is 14.4. The molecule has 5 N–H and O–H groups in total. The lowest BCUT2D eigenvalue weighted by Crippen LogP contribution is -2.38. The Labute approximate surface area is 254 Å². The van der Waals surface area contributed by atoms with Crippen LogP contribution in [0.25, 0.3) is 0 Å². The van der Waals surface area contributed by atoms with Crippen molar-refractivity contribution in [1.29, 1.82) is 0 Å². The number of hydrogen-bond acceptors (Lipinski definition) is 8. The van der Waals surface area contributed by atoms with Gasteiger partial charge < -0.3 is 25.5 Å². The Hall–Kier alpha value is -4.07. The molecule has 0 radical (unpaired) electrons. The molecule has 1 aliphatic rings. The summed E-state index contributed by atoms with van der Waals surface area (Å²) in [6.45, 7) is 14.0. The van der Waals surface area contributed by atoms with Crippen LogP contribution in [-0.4, -0.2) is 42.9 Å². The second-order valence-electron chi connectivity index (χ2n) is 12.1. The van der Waals surface area contributed by atoms with Gasteiger partial charge in [0.05, 0.1) is 5.41 Å². The summed E-state index contributed by atoms with van der Waals surface area (Å²) in [5.74, 6) is -5.01. The van der Waals surface area contributed by atoms with E-state index >= 15 is 0 Å². The summed E-state index contributed by atoms with van der Waals surface area (Å²) in [7, 11) is 0. The van der Waals surface area contributed by atoms with Gasteiger partial charge in [0.2, 0.25) is 0 Å². The van der Waals surface area contributed by atoms with E-state index in [-0.39, 0.29) is 41.5 Å². The third-order valence-electron chi connectivity index (χ3n) is 7.80. The van der Waals surface area contributed by atoms with Gasteiger partial charge in [0, 0.05) is 29.5 Å². The topological polar surface area (TPSA) is 152 Å². The van der Waals surface area contributed by atoms with Crippen LogP contribution in [0.1, 0.15) is 109 Å². The van der Waals surface area contributed by atoms with Crippen LogP contribution in [0.2, 0.25) is 0 Å². The van der Waals surface area contributed by atoms with Crippen molar-refractivity contribution in [2.24, 2.45) is 5.41 Å². The van der Waals surface area contributed by atoms with Crippen LogP contribution in [0.4, 0.5) is 0 Å². The van der Waals surface area contributed by atoms with Crippen LogP contribution in [0.15, 0.2) is 57.6 Å². The van der Waals surface area contributed by atoms with Crippen molar-refractivity contribution < 1.29 is 39.9 Å². The molecule has 0 saturated heterocycles. The number of Topliss-reactive ketones (excluding diaryl/α,β-unsaturated/α-hetero) is 3. The highest BCUT2D eigenvalue weighted by molar-refractivity contribution is 6.23. The van der Waals surface area contributed by atoms with Crippen LogP contribution >= 0.6 is 0 Å². The van der Waals surface area contributed by atoms with Crippen molar-refractivity contribution in [2.45, 2.75) is 100 Å². The van der Waals surface area contributed by atoms with Gasteiger partial charge in [0.1, 0.15) is 39.9 Å². The minimum Gasteiger partial charge on any atom is -0.511 e. The zero-order valence-electron chi connectivity index (χ0n) is 26.6. The van der Waals surface area contributed by atoms with Gasteiger partial charge in [-0.2, -0.15) is 0 Å². The molecule has 1 unspecified atom stereocenters. The average molecular weight is 595 g/mol. The number of carbonyl (C=O) groups is 3. The van der Waals surface area contributed by atoms with Crippen molar-refractivity contribution in [1.82, 2.24) is 0 Å². The lowest BCUT2D eigenvalue weighted by molar-refractivity contribution is -0.127. The molecule has 0 heterocycles. The summed E-state index contributed by atoms with van der Waals surface area (Å²) >= 11 is 0. The van der Waals surface area contributed by atoms with Gasteiger partial charge in [-0.05, 0) is 80.6 Å². The highest BCUT2D eigenvalue weighted by Gasteiger charge is 2.47. The fourth-order valence-electron chi connectivity index (χ4n) is 5.12. The number of aliphatic hydroxyl groups is 2. The molecule has 0 aromatic heterocycles. The first kappa shape index (κ1) is 35.1. The van der Waals surface area contributed by atoms with E-state index in [1.165, 1.54) is 12.5 Å². The SMILES string of the molecule is CCCC(=O)c1c(O)c(CC=C(C)C)c(O)c(CC2=C(O)C(C)(C/C=C(\C)CCC=C(C)C)C(=O)C(C(C)=O)=C2O)c1O. The van der Waals surface area contributed by atoms with Crippen molar-refractivity contribution in [3.05, 3.63) is 74.3 Å². The number of aliphatic hydroxyl groups excluding tert-OH is 2. The monoisotopic (exact) mass is 594 g/mol. The molecule has 1 atom stereocenters. The number of allylic oxidation sites excluding steroid dienone is 9. The Bertz CT molecular complexity index is 1460. The lowest BCUT2D eigenvalue weighted by atomic mass is 9.70. The molecule has 0 bridgehead atoms. The number of aromatic hydroxyl groups is 3. The number of carbonyl (C=O) groups excluding carboxylic acids is 3. The molecule has 2 rings (SSSR count). The maximum absolute atomic E-state index is 13.6. The van der Waals surface area contributed by atoms with Crippen molar-refractivity contribution in [2.75, 3.05) is 0 Å². The smallest absolute Gasteiger partial charge is 0.183 e. The average Bonchev–Trinajstić information content (AvgIpc) is 2.90. The van der Waals surface area contributed by atoms with E-state index < -0.39 is 63.5 Å². The molecular weight excluding hydrogens is 548 g/mol. The number of phenolic OH excluding ortho intramolecular Hbond substituents is 3. The second-order valence-corrected chi connectivity index (χ2v) is 12.1. The molecule has 0 spiro atoms. The first-order valence-electron chi connectivity index (χ1n) is 14.6. The van der Waals surface area contributed by atoms with Crippen LogP contribution in [0.5, 0.6) is 17.2 Å². The third kappa shape index (κ3) is 7.66. The maximum atomic E-state index is 13.6. The molecule has 0 amide bonds. The van der Waals surface area contributed by atoms with Crippen molar-refractivity contribution in [3.63, 3.8) is 0 Å². The predicted molar refractivity (Wildman–Crippen MR) is 168 cm³/mol. The van der Waals surface area contributed by atoms with E-state index in [0.29, 0.717) is 6.42 Å². The molecule has 0 saturated carbocycles. The van der Waals surface area contributed by atoms with Crippen LogP contribution < -0.4 is 0 Å². The van der Waals surface area contributed by atoms with E-state index in [9.17, 15) is 39.9 Å². The Kier molecular flexibility index (Phi) is 11.8. The maximum Gasteiger partial charge on any atom is 0.183 e. The summed E-state index contributed by atoms with van der Waals surface area (Å²) in [5, 5.41) is 56.1. The molecule has 0 fully saturated rings. The standard InChI is InChI=1S/C35H46O8/c1-9-11-26(37)28-30(39)23(15-14-20(4)5)29(38)24(31(28)40)18-25-32(41)27(22(7)36)34(43)35(8,33(25)42)17-16-21(6)13-10-12-19(2)3/h12,14,16,38-42H,9-11,13,15,17-18H2,1-8H3/b21-16+. The molecule has 1 aromatic rings. The Morgan fingerprint density at radius 1 is 0.791 bits per heavy atom. The molecule has 8 heteroatoms. The molecular formula is C35H46O8. The Balaban J connectivity index is 2.80. The number of rotatable bonds is 13. The number of benzene rings is 1. The largest absolute Gasteiger partial charge is 0.511 e. The minimum absolute atomic E-state index is 0.00613. The quantitative estimate of drug-likeness (QED) is 0.0884. The van der Waals surface area contributed by atoms with Gasteiger partial charge >= 0.3 is 0 Å². The summed E-state index contributed by atoms with van der Waals surface area (Å²) in [4.78, 5) is 39.1. The summed E-state index contributed by atoms with van der Waals surface area (Å²) < 4.78 is 0. The van der Waals surface area contributed by atoms with E-state index in [4.69, 9.17) is 0 Å². The van der Waals surface area contributed by atoms with E-state index in [0.717, 1.165) is 30.9 Å². The minimum atomic E-state index is -1.62. The summed E-state index contributed by atoms with van der Waals surface area (Å²) in [6.07, 6.45) is 7.19. The number of phenols is 3. The first-order chi connectivity index (χ1) is 20.0. The molecule has 234 valence electrons. The van der Waals surface area contributed by atoms with Gasteiger partial charge in [-0.1, -0.05) is 41.9 Å². The Morgan fingerprint density at radius 2 is 1.37 bits per heavy atom. The van der Waals surface area contributed by atoms with E-state index in [2.05, 4.69) is 6.08 Å². The van der Waals surface area contributed by atoms with Gasteiger partial charge in [-0.3, -0.25) is 14.4 Å². The Morgan fingerprint density at radius 3 is 1.91 bits per heavy atom. The van der Waals surface area contributed by atoms with Crippen LogP contribution in [-0.2, 0) is 22.4 Å². The fraction of sp³-hybridized carbons (Fsp3) is 0.457. The van der Waals surface area contributed by atoms with Crippen molar-refractivity contribution in [3.8, 4) is 17.2 Å². The fourth-order valence-corrected chi connectivity index (χ4v) is 5.12. The molecule has 1 aromatic carbocycles. The van der Waals surface area contributed by atoms with Crippen molar-refractivity contribution >= 4 is 17.3 Å². The summed E-state index contributed by atoms with van der Waals surface area (Å²) in [5.41, 5.74) is 0.0957. The number of hydrogen-bond donors (Lipinski definition) is 5. The van der Waals surface area contributed by atoms with Gasteiger partial charge in [-0.15, -0.1) is 0 Å². The number of ketones is 3. The molecule has 8 nitrogen and oxygen atoms in total. The van der Waals surface area contributed by atoms with Gasteiger partial charge in [0.15, 0.2) is 17.3 Å².